The lowest BCUT2D eigenvalue weighted by molar-refractivity contribution is 0.572. The number of sulfonamides is 1. The van der Waals surface area contributed by atoms with Crippen molar-refractivity contribution < 1.29 is 8.42 Å². The summed E-state index contributed by atoms with van der Waals surface area (Å²) in [5, 5.41) is 1.21. The van der Waals surface area contributed by atoms with Gasteiger partial charge in [0.25, 0.3) is 0 Å². The molecular weight excluding hydrogens is 328 g/mol. The Labute approximate surface area is 121 Å². The largest absolute Gasteiger partial charge is 0.256 e. The summed E-state index contributed by atoms with van der Waals surface area (Å²) < 4.78 is 27.4. The number of benzene rings is 1. The van der Waals surface area contributed by atoms with E-state index in [1.54, 1.807) is 37.4 Å². The lowest BCUT2D eigenvalue weighted by Crippen LogP contribution is -2.33. The summed E-state index contributed by atoms with van der Waals surface area (Å²) >= 11 is 3.26. The summed E-state index contributed by atoms with van der Waals surface area (Å²) in [6, 6.07) is 6.76. The van der Waals surface area contributed by atoms with Gasteiger partial charge in [0.2, 0.25) is 10.0 Å². The SMILES string of the molecule is Cc1ccc(S(=O)(=O)NC(C)CBr)c2cccnc12. The molecule has 2 rings (SSSR count). The maximum Gasteiger partial charge on any atom is 0.241 e. The molecule has 0 aliphatic rings. The van der Waals surface area contributed by atoms with Gasteiger partial charge in [-0.25, -0.2) is 13.1 Å². The minimum atomic E-state index is -3.53. The first kappa shape index (κ1) is 14.4. The molecule has 0 saturated carbocycles. The van der Waals surface area contributed by atoms with Crippen molar-refractivity contribution in [2.24, 2.45) is 0 Å². The average Bonchev–Trinajstić information content (AvgIpc) is 2.38. The zero-order valence-electron chi connectivity index (χ0n) is 10.7. The third-order valence-corrected chi connectivity index (χ3v) is 5.43. The number of fused-ring (bicyclic) bond motifs is 1. The predicted molar refractivity (Wildman–Crippen MR) is 80.1 cm³/mol. The molecule has 0 bridgehead atoms. The summed E-state index contributed by atoms with van der Waals surface area (Å²) in [7, 11) is -3.53. The highest BCUT2D eigenvalue weighted by Crippen LogP contribution is 2.24. The second kappa shape index (κ2) is 5.56. The van der Waals surface area contributed by atoms with Crippen molar-refractivity contribution >= 4 is 36.9 Å². The van der Waals surface area contributed by atoms with Crippen molar-refractivity contribution in [3.05, 3.63) is 36.0 Å². The summed E-state index contributed by atoms with van der Waals surface area (Å²) in [6.45, 7) is 3.72. The first-order chi connectivity index (χ1) is 8.95. The average molecular weight is 343 g/mol. The van der Waals surface area contributed by atoms with Crippen LogP contribution in [-0.2, 0) is 10.0 Å². The van der Waals surface area contributed by atoms with Crippen molar-refractivity contribution in [2.75, 3.05) is 5.33 Å². The Balaban J connectivity index is 2.60. The van der Waals surface area contributed by atoms with Gasteiger partial charge in [-0.2, -0.15) is 0 Å². The summed E-state index contributed by atoms with van der Waals surface area (Å²) in [5.41, 5.74) is 1.68. The topological polar surface area (TPSA) is 59.1 Å². The van der Waals surface area contributed by atoms with Crippen molar-refractivity contribution in [3.8, 4) is 0 Å². The van der Waals surface area contributed by atoms with Crippen LogP contribution in [0.15, 0.2) is 35.4 Å². The Morgan fingerprint density at radius 1 is 1.37 bits per heavy atom. The summed E-state index contributed by atoms with van der Waals surface area (Å²) in [4.78, 5) is 4.52. The molecule has 1 heterocycles. The fourth-order valence-corrected chi connectivity index (χ4v) is 3.70. The van der Waals surface area contributed by atoms with Crippen LogP contribution >= 0.6 is 15.9 Å². The van der Waals surface area contributed by atoms with Gasteiger partial charge in [-0.3, -0.25) is 4.98 Å². The molecule has 0 amide bonds. The number of nitrogens with one attached hydrogen (secondary N) is 1. The summed E-state index contributed by atoms with van der Waals surface area (Å²) in [6.07, 6.45) is 1.67. The van der Waals surface area contributed by atoms with E-state index >= 15 is 0 Å². The van der Waals surface area contributed by atoms with E-state index in [0.717, 1.165) is 11.1 Å². The molecule has 4 nitrogen and oxygen atoms in total. The van der Waals surface area contributed by atoms with Gasteiger partial charge in [0.15, 0.2) is 0 Å². The van der Waals surface area contributed by atoms with E-state index in [4.69, 9.17) is 0 Å². The molecule has 0 aliphatic carbocycles. The number of aromatic nitrogens is 1. The minimum absolute atomic E-state index is 0.168. The van der Waals surface area contributed by atoms with Crippen LogP contribution < -0.4 is 4.72 Å². The van der Waals surface area contributed by atoms with Crippen LogP contribution in [0.1, 0.15) is 12.5 Å². The van der Waals surface area contributed by atoms with Crippen molar-refractivity contribution in [3.63, 3.8) is 0 Å². The van der Waals surface area contributed by atoms with E-state index in [2.05, 4.69) is 25.6 Å². The maximum atomic E-state index is 12.4. The zero-order valence-corrected chi connectivity index (χ0v) is 13.1. The molecule has 0 saturated heterocycles. The second-order valence-corrected chi connectivity index (χ2v) is 6.79. The molecule has 1 atom stereocenters. The third-order valence-electron chi connectivity index (χ3n) is 2.81. The van der Waals surface area contributed by atoms with Crippen LogP contribution in [0.4, 0.5) is 0 Å². The first-order valence-corrected chi connectivity index (χ1v) is 8.49. The molecular formula is C13H15BrN2O2S. The number of rotatable bonds is 4. The molecule has 1 aromatic carbocycles. The Kier molecular flexibility index (Phi) is 4.23. The number of aryl methyl sites for hydroxylation is 1. The van der Waals surface area contributed by atoms with Crippen molar-refractivity contribution in [1.29, 1.82) is 0 Å². The zero-order chi connectivity index (χ0) is 14.0. The Bertz CT molecular complexity index is 701. The third kappa shape index (κ3) is 2.96. The van der Waals surface area contributed by atoms with Crippen LogP contribution in [0.5, 0.6) is 0 Å². The molecule has 102 valence electrons. The van der Waals surface area contributed by atoms with E-state index in [1.165, 1.54) is 0 Å². The van der Waals surface area contributed by atoms with Gasteiger partial charge in [0.1, 0.15) is 0 Å². The van der Waals surface area contributed by atoms with Gasteiger partial charge in [0.05, 0.1) is 10.4 Å². The van der Waals surface area contributed by atoms with Crippen LogP contribution in [0, 0.1) is 6.92 Å². The lowest BCUT2D eigenvalue weighted by Gasteiger charge is -2.13. The van der Waals surface area contributed by atoms with E-state index < -0.39 is 10.0 Å². The fraction of sp³-hybridized carbons (Fsp3) is 0.308. The van der Waals surface area contributed by atoms with Gasteiger partial charge < -0.3 is 0 Å². The van der Waals surface area contributed by atoms with Gasteiger partial charge in [0, 0.05) is 23.0 Å². The molecule has 19 heavy (non-hydrogen) atoms. The molecule has 1 aromatic heterocycles. The standard InChI is InChI=1S/C13H15BrN2O2S/c1-9-5-6-12(11-4-3-7-15-13(9)11)19(17,18)16-10(2)8-14/h3-7,10,16H,8H2,1-2H3. The number of halogens is 1. The Morgan fingerprint density at radius 2 is 2.11 bits per heavy atom. The molecule has 2 aromatic rings. The van der Waals surface area contributed by atoms with Crippen molar-refractivity contribution in [2.45, 2.75) is 24.8 Å². The molecule has 0 spiro atoms. The number of hydrogen-bond acceptors (Lipinski definition) is 3. The highest BCUT2D eigenvalue weighted by atomic mass is 79.9. The Hall–Kier alpha value is -0.980. The van der Waals surface area contributed by atoms with E-state index in [-0.39, 0.29) is 10.9 Å². The predicted octanol–water partition coefficient (Wildman–Crippen LogP) is 2.60. The first-order valence-electron chi connectivity index (χ1n) is 5.88. The fourth-order valence-electron chi connectivity index (χ4n) is 1.88. The van der Waals surface area contributed by atoms with Crippen LogP contribution in [-0.4, -0.2) is 24.8 Å². The molecule has 1 unspecified atom stereocenters. The molecule has 1 N–H and O–H groups in total. The van der Waals surface area contributed by atoms with Crippen LogP contribution in [0.3, 0.4) is 0 Å². The van der Waals surface area contributed by atoms with E-state index in [1.807, 2.05) is 6.92 Å². The minimum Gasteiger partial charge on any atom is -0.256 e. The maximum absolute atomic E-state index is 12.4. The lowest BCUT2D eigenvalue weighted by atomic mass is 10.1. The monoisotopic (exact) mass is 342 g/mol. The summed E-state index contributed by atoms with van der Waals surface area (Å²) in [5.74, 6) is 0. The van der Waals surface area contributed by atoms with Gasteiger partial charge >= 0.3 is 0 Å². The number of nitrogens with zero attached hydrogens (tertiary/aromatic N) is 1. The smallest absolute Gasteiger partial charge is 0.241 e. The molecule has 0 radical (unpaired) electrons. The van der Waals surface area contributed by atoms with Gasteiger partial charge in [-0.05, 0) is 37.6 Å². The van der Waals surface area contributed by atoms with E-state index in [0.29, 0.717) is 10.7 Å². The van der Waals surface area contributed by atoms with Crippen molar-refractivity contribution in [1.82, 2.24) is 9.71 Å². The number of pyridine rings is 1. The molecule has 0 aliphatic heterocycles. The normalized spacial score (nSPS) is 13.6. The molecule has 0 fully saturated rings. The van der Waals surface area contributed by atoms with Gasteiger partial charge in [-0.1, -0.05) is 22.0 Å². The highest BCUT2D eigenvalue weighted by Gasteiger charge is 2.20. The highest BCUT2D eigenvalue weighted by molar-refractivity contribution is 9.09. The van der Waals surface area contributed by atoms with Crippen LogP contribution in [0.2, 0.25) is 0 Å². The number of hydrogen-bond donors (Lipinski definition) is 1. The Morgan fingerprint density at radius 3 is 2.79 bits per heavy atom. The van der Waals surface area contributed by atoms with E-state index in [9.17, 15) is 8.42 Å². The van der Waals surface area contributed by atoms with Gasteiger partial charge in [-0.15, -0.1) is 0 Å². The number of alkyl halides is 1. The molecule has 6 heteroatoms. The second-order valence-electron chi connectivity index (χ2n) is 4.46. The quantitative estimate of drug-likeness (QED) is 0.868. The van der Waals surface area contributed by atoms with Crippen LogP contribution in [0.25, 0.3) is 10.9 Å².